The van der Waals surface area contributed by atoms with Gasteiger partial charge in [0, 0.05) is 11.5 Å². The molecule has 98 valence electrons. The Morgan fingerprint density at radius 2 is 1.33 bits per heavy atom. The molecule has 0 heterocycles. The highest BCUT2D eigenvalue weighted by Gasteiger charge is 2.06. The molecule has 6 N–H and O–H groups in total. The van der Waals surface area contributed by atoms with Crippen LogP contribution in [0.25, 0.3) is 0 Å². The van der Waals surface area contributed by atoms with Crippen molar-refractivity contribution in [1.29, 1.82) is 10.8 Å². The van der Waals surface area contributed by atoms with Gasteiger partial charge in [0.1, 0.15) is 0 Å². The number of thioether (sulfide) groups is 2. The van der Waals surface area contributed by atoms with E-state index in [2.05, 4.69) is 26.0 Å². The number of hydrogen-bond donors (Lipinski definition) is 4. The predicted molar refractivity (Wildman–Crippen MR) is 82.3 cm³/mol. The van der Waals surface area contributed by atoms with Crippen LogP contribution in [0.15, 0.2) is 12.1 Å². The Morgan fingerprint density at radius 1 is 0.944 bits per heavy atom. The van der Waals surface area contributed by atoms with Crippen molar-refractivity contribution in [2.75, 3.05) is 0 Å². The fourth-order valence-corrected chi connectivity index (χ4v) is 2.81. The minimum Gasteiger partial charge on any atom is -0.379 e. The van der Waals surface area contributed by atoms with E-state index in [0.717, 1.165) is 0 Å². The van der Waals surface area contributed by atoms with Crippen molar-refractivity contribution in [2.45, 2.75) is 25.4 Å². The number of benzene rings is 1. The Kier molecular flexibility index (Phi) is 5.55. The number of aryl methyl sites for hydroxylation is 2. The molecule has 0 fully saturated rings. The zero-order chi connectivity index (χ0) is 13.7. The number of nitrogens with two attached hydrogens (primary N) is 2. The monoisotopic (exact) mass is 282 g/mol. The van der Waals surface area contributed by atoms with E-state index in [1.165, 1.54) is 45.8 Å². The summed E-state index contributed by atoms with van der Waals surface area (Å²) in [6.45, 7) is 4.12. The summed E-state index contributed by atoms with van der Waals surface area (Å²) in [5.41, 5.74) is 15.5. The van der Waals surface area contributed by atoms with Crippen LogP contribution in [0.5, 0.6) is 0 Å². The highest BCUT2D eigenvalue weighted by molar-refractivity contribution is 8.13. The maximum absolute atomic E-state index is 7.24. The molecule has 0 bridgehead atoms. The molecular formula is C12H18N4S2. The maximum Gasteiger partial charge on any atom is 0.151 e. The zero-order valence-electron chi connectivity index (χ0n) is 10.5. The minimum atomic E-state index is 0.134. The summed E-state index contributed by atoms with van der Waals surface area (Å²) in [4.78, 5) is 0. The van der Waals surface area contributed by atoms with Gasteiger partial charge in [-0.2, -0.15) is 0 Å². The quantitative estimate of drug-likeness (QED) is 0.503. The van der Waals surface area contributed by atoms with E-state index in [0.29, 0.717) is 11.5 Å². The van der Waals surface area contributed by atoms with Crippen LogP contribution in [-0.2, 0) is 11.5 Å². The first-order valence-electron chi connectivity index (χ1n) is 5.42. The summed E-state index contributed by atoms with van der Waals surface area (Å²) in [6, 6.07) is 4.25. The van der Waals surface area contributed by atoms with Crippen molar-refractivity contribution in [3.05, 3.63) is 34.4 Å². The van der Waals surface area contributed by atoms with E-state index >= 15 is 0 Å². The van der Waals surface area contributed by atoms with E-state index in [1.807, 2.05) is 0 Å². The van der Waals surface area contributed by atoms with Crippen LogP contribution < -0.4 is 11.5 Å². The molecule has 0 atom stereocenters. The van der Waals surface area contributed by atoms with E-state index in [4.69, 9.17) is 22.3 Å². The Balaban J connectivity index is 2.87. The molecule has 1 rings (SSSR count). The van der Waals surface area contributed by atoms with Crippen molar-refractivity contribution in [1.82, 2.24) is 0 Å². The van der Waals surface area contributed by atoms with Crippen molar-refractivity contribution < 1.29 is 0 Å². The van der Waals surface area contributed by atoms with Gasteiger partial charge in [-0.1, -0.05) is 35.7 Å². The third kappa shape index (κ3) is 4.62. The Hall–Kier alpha value is -1.14. The molecule has 0 spiro atoms. The third-order valence-corrected chi connectivity index (χ3v) is 4.09. The molecule has 6 heteroatoms. The molecule has 0 aromatic heterocycles. The van der Waals surface area contributed by atoms with E-state index < -0.39 is 0 Å². The zero-order valence-corrected chi connectivity index (χ0v) is 12.2. The largest absolute Gasteiger partial charge is 0.379 e. The standard InChI is InChI=1S/C12H18N4S2/c1-7-3-8(2)10(6-18-12(15)16)4-9(7)5-17-11(13)14/h3-4H,5-6H2,1-2H3,(H3,13,14)(H3,15,16). The summed E-state index contributed by atoms with van der Waals surface area (Å²) >= 11 is 2.65. The number of hydrogen-bond acceptors (Lipinski definition) is 4. The second kappa shape index (κ2) is 6.70. The van der Waals surface area contributed by atoms with Gasteiger partial charge in [0.2, 0.25) is 0 Å². The molecule has 4 nitrogen and oxygen atoms in total. The van der Waals surface area contributed by atoms with Crippen LogP contribution in [0.4, 0.5) is 0 Å². The fourth-order valence-electron chi connectivity index (χ4n) is 1.57. The molecule has 0 aliphatic carbocycles. The van der Waals surface area contributed by atoms with Crippen molar-refractivity contribution in [2.24, 2.45) is 11.5 Å². The first kappa shape index (κ1) is 14.9. The molecule has 0 amide bonds. The first-order chi connectivity index (χ1) is 8.40. The molecule has 1 aromatic rings. The van der Waals surface area contributed by atoms with E-state index in [9.17, 15) is 0 Å². The van der Waals surface area contributed by atoms with Crippen LogP contribution in [0.1, 0.15) is 22.3 Å². The molecule has 0 radical (unpaired) electrons. The van der Waals surface area contributed by atoms with Crippen LogP contribution in [0.3, 0.4) is 0 Å². The number of rotatable bonds is 4. The van der Waals surface area contributed by atoms with Crippen LogP contribution in [0, 0.1) is 24.7 Å². The lowest BCUT2D eigenvalue weighted by atomic mass is 10.0. The molecule has 0 saturated carbocycles. The average molecular weight is 282 g/mol. The normalized spacial score (nSPS) is 10.3. The summed E-state index contributed by atoms with van der Waals surface area (Å²) in [5.74, 6) is 1.42. The van der Waals surface area contributed by atoms with Crippen LogP contribution in [-0.4, -0.2) is 10.3 Å². The lowest BCUT2D eigenvalue weighted by Gasteiger charge is -2.11. The Labute approximate surface area is 116 Å². The highest BCUT2D eigenvalue weighted by Crippen LogP contribution is 2.23. The van der Waals surface area contributed by atoms with Gasteiger partial charge in [-0.3, -0.25) is 10.8 Å². The fraction of sp³-hybridized carbons (Fsp3) is 0.333. The summed E-state index contributed by atoms with van der Waals surface area (Å²) in [6.07, 6.45) is 0. The molecule has 1 aromatic carbocycles. The van der Waals surface area contributed by atoms with Gasteiger partial charge in [-0.15, -0.1) is 0 Å². The van der Waals surface area contributed by atoms with Crippen LogP contribution >= 0.6 is 23.5 Å². The maximum atomic E-state index is 7.24. The molecule has 0 aliphatic heterocycles. The topological polar surface area (TPSA) is 99.7 Å². The van der Waals surface area contributed by atoms with Gasteiger partial charge >= 0.3 is 0 Å². The van der Waals surface area contributed by atoms with Crippen molar-refractivity contribution >= 4 is 33.9 Å². The van der Waals surface area contributed by atoms with Gasteiger partial charge in [0.25, 0.3) is 0 Å². The van der Waals surface area contributed by atoms with Crippen LogP contribution in [0.2, 0.25) is 0 Å². The number of nitrogens with one attached hydrogen (secondary N) is 2. The summed E-state index contributed by atoms with van der Waals surface area (Å²) in [7, 11) is 0. The lowest BCUT2D eigenvalue weighted by Crippen LogP contribution is -2.06. The second-order valence-corrected chi connectivity index (χ2v) is 6.05. The van der Waals surface area contributed by atoms with Crippen molar-refractivity contribution in [3.63, 3.8) is 0 Å². The lowest BCUT2D eigenvalue weighted by molar-refractivity contribution is 1.21. The molecule has 0 aliphatic rings. The minimum absolute atomic E-state index is 0.134. The predicted octanol–water partition coefficient (Wildman–Crippen LogP) is 2.56. The smallest absolute Gasteiger partial charge is 0.151 e. The molecule has 0 unspecified atom stereocenters. The second-order valence-electron chi connectivity index (χ2n) is 4.01. The highest BCUT2D eigenvalue weighted by atomic mass is 32.2. The molecular weight excluding hydrogens is 264 g/mol. The Bertz CT molecular complexity index is 432. The van der Waals surface area contributed by atoms with Gasteiger partial charge in [-0.05, 0) is 36.1 Å². The van der Waals surface area contributed by atoms with Gasteiger partial charge in [0.15, 0.2) is 10.3 Å². The van der Waals surface area contributed by atoms with E-state index in [1.54, 1.807) is 0 Å². The third-order valence-electron chi connectivity index (χ3n) is 2.56. The summed E-state index contributed by atoms with van der Waals surface area (Å²) < 4.78 is 0. The van der Waals surface area contributed by atoms with E-state index in [-0.39, 0.29) is 10.3 Å². The van der Waals surface area contributed by atoms with Gasteiger partial charge < -0.3 is 11.5 Å². The SMILES string of the molecule is Cc1cc(C)c(CSC(=N)N)cc1CSC(=N)N. The molecule has 18 heavy (non-hydrogen) atoms. The van der Waals surface area contributed by atoms with Gasteiger partial charge in [-0.25, -0.2) is 0 Å². The number of amidine groups is 2. The Morgan fingerprint density at radius 3 is 1.67 bits per heavy atom. The summed E-state index contributed by atoms with van der Waals surface area (Å²) in [5, 5.41) is 14.7. The van der Waals surface area contributed by atoms with Crippen molar-refractivity contribution in [3.8, 4) is 0 Å². The first-order valence-corrected chi connectivity index (χ1v) is 7.40. The molecule has 0 saturated heterocycles. The van der Waals surface area contributed by atoms with Gasteiger partial charge in [0.05, 0.1) is 0 Å². The average Bonchev–Trinajstić information content (AvgIpc) is 2.26.